The van der Waals surface area contributed by atoms with Gasteiger partial charge < -0.3 is 5.73 Å². The van der Waals surface area contributed by atoms with E-state index in [2.05, 4.69) is 0 Å². The third-order valence-electron chi connectivity index (χ3n) is 2.61. The Morgan fingerprint density at radius 2 is 2.06 bits per heavy atom. The standard InChI is InChI=1S/C12H18FN3O/c1-3-15(2)16(12(17)8-14)9-10-6-4-5-7-11(10)13/h4-7H,3,8-9,14H2,1-2H3. The van der Waals surface area contributed by atoms with Gasteiger partial charge >= 0.3 is 0 Å². The lowest BCUT2D eigenvalue weighted by Gasteiger charge is -2.31. The summed E-state index contributed by atoms with van der Waals surface area (Å²) in [5, 5.41) is 3.18. The van der Waals surface area contributed by atoms with Crippen molar-refractivity contribution in [2.24, 2.45) is 5.73 Å². The van der Waals surface area contributed by atoms with Gasteiger partial charge in [-0.3, -0.25) is 9.80 Å². The summed E-state index contributed by atoms with van der Waals surface area (Å²) in [6.45, 7) is 2.68. The number of hydrazine groups is 1. The molecule has 5 heteroatoms. The van der Waals surface area contributed by atoms with Crippen LogP contribution in [0.25, 0.3) is 0 Å². The van der Waals surface area contributed by atoms with Gasteiger partial charge in [0.15, 0.2) is 0 Å². The fourth-order valence-electron chi connectivity index (χ4n) is 1.46. The van der Waals surface area contributed by atoms with E-state index in [1.807, 2.05) is 6.92 Å². The lowest BCUT2D eigenvalue weighted by molar-refractivity contribution is -0.146. The Hall–Kier alpha value is -1.46. The molecule has 2 N–H and O–H groups in total. The smallest absolute Gasteiger partial charge is 0.250 e. The van der Waals surface area contributed by atoms with Gasteiger partial charge in [0.25, 0.3) is 5.91 Å². The number of hydrogen-bond acceptors (Lipinski definition) is 3. The second-order valence-electron chi connectivity index (χ2n) is 3.72. The topological polar surface area (TPSA) is 49.6 Å². The Morgan fingerprint density at radius 3 is 2.59 bits per heavy atom. The molecule has 0 fully saturated rings. The predicted octanol–water partition coefficient (Wildman–Crippen LogP) is 0.980. The zero-order valence-corrected chi connectivity index (χ0v) is 10.2. The number of benzene rings is 1. The Bertz CT molecular complexity index is 384. The SMILES string of the molecule is CCN(C)N(Cc1ccccc1F)C(=O)CN. The number of halogens is 1. The first-order valence-corrected chi connectivity index (χ1v) is 5.55. The van der Waals surface area contributed by atoms with Gasteiger partial charge in [0.1, 0.15) is 5.82 Å². The lowest BCUT2D eigenvalue weighted by Crippen LogP contribution is -2.46. The van der Waals surface area contributed by atoms with Crippen LogP contribution in [-0.4, -0.2) is 36.1 Å². The van der Waals surface area contributed by atoms with E-state index in [4.69, 9.17) is 5.73 Å². The highest BCUT2D eigenvalue weighted by Crippen LogP contribution is 2.11. The van der Waals surface area contributed by atoms with Crippen LogP contribution in [0.4, 0.5) is 4.39 Å². The molecule has 0 unspecified atom stereocenters. The molecule has 0 bridgehead atoms. The monoisotopic (exact) mass is 239 g/mol. The largest absolute Gasteiger partial charge is 0.322 e. The van der Waals surface area contributed by atoms with E-state index < -0.39 is 0 Å². The minimum absolute atomic E-state index is 0.0845. The van der Waals surface area contributed by atoms with Crippen LogP contribution in [0.1, 0.15) is 12.5 Å². The number of nitrogens with two attached hydrogens (primary N) is 1. The summed E-state index contributed by atoms with van der Waals surface area (Å²) >= 11 is 0. The Labute approximate surface area is 101 Å². The van der Waals surface area contributed by atoms with Crippen LogP contribution >= 0.6 is 0 Å². The summed E-state index contributed by atoms with van der Waals surface area (Å²) in [6, 6.07) is 6.41. The molecule has 17 heavy (non-hydrogen) atoms. The van der Waals surface area contributed by atoms with Crippen molar-refractivity contribution in [2.75, 3.05) is 20.1 Å². The van der Waals surface area contributed by atoms with Crippen molar-refractivity contribution in [3.8, 4) is 0 Å². The summed E-state index contributed by atoms with van der Waals surface area (Å²) in [5.41, 5.74) is 5.83. The fourth-order valence-corrected chi connectivity index (χ4v) is 1.46. The molecule has 94 valence electrons. The Morgan fingerprint density at radius 1 is 1.41 bits per heavy atom. The second-order valence-corrected chi connectivity index (χ2v) is 3.72. The minimum atomic E-state index is -0.313. The molecule has 1 aromatic rings. The highest BCUT2D eigenvalue weighted by molar-refractivity contribution is 5.77. The number of nitrogens with zero attached hydrogens (tertiary/aromatic N) is 2. The number of carbonyl (C=O) groups is 1. The van der Waals surface area contributed by atoms with E-state index in [1.165, 1.54) is 11.1 Å². The predicted molar refractivity (Wildman–Crippen MR) is 64.3 cm³/mol. The maximum atomic E-state index is 13.5. The van der Waals surface area contributed by atoms with E-state index in [1.54, 1.807) is 30.3 Å². The first kappa shape index (κ1) is 13.6. The third-order valence-corrected chi connectivity index (χ3v) is 2.61. The number of hydrogen-bond donors (Lipinski definition) is 1. The second kappa shape index (κ2) is 6.32. The van der Waals surface area contributed by atoms with Crippen LogP contribution in [0.2, 0.25) is 0 Å². The molecule has 0 aromatic heterocycles. The first-order chi connectivity index (χ1) is 8.10. The fraction of sp³-hybridized carbons (Fsp3) is 0.417. The molecule has 0 radical (unpaired) electrons. The van der Waals surface area contributed by atoms with Crippen LogP contribution < -0.4 is 5.73 Å². The molecule has 4 nitrogen and oxygen atoms in total. The quantitative estimate of drug-likeness (QED) is 0.779. The van der Waals surface area contributed by atoms with Crippen LogP contribution in [-0.2, 0) is 11.3 Å². The third kappa shape index (κ3) is 3.51. The van der Waals surface area contributed by atoms with Gasteiger partial charge in [0.05, 0.1) is 13.1 Å². The highest BCUT2D eigenvalue weighted by atomic mass is 19.1. The summed E-state index contributed by atoms with van der Waals surface area (Å²) in [5.74, 6) is -0.538. The average molecular weight is 239 g/mol. The summed E-state index contributed by atoms with van der Waals surface area (Å²) in [7, 11) is 1.77. The van der Waals surface area contributed by atoms with E-state index in [0.717, 1.165) is 0 Å². The van der Waals surface area contributed by atoms with Gasteiger partial charge in [-0.2, -0.15) is 0 Å². The van der Waals surface area contributed by atoms with Gasteiger partial charge in [0.2, 0.25) is 0 Å². The van der Waals surface area contributed by atoms with Gasteiger partial charge in [-0.25, -0.2) is 9.40 Å². The molecule has 0 spiro atoms. The van der Waals surface area contributed by atoms with Crippen molar-refractivity contribution in [1.82, 2.24) is 10.0 Å². The molecule has 0 aliphatic rings. The first-order valence-electron chi connectivity index (χ1n) is 5.55. The van der Waals surface area contributed by atoms with Crippen molar-refractivity contribution in [3.63, 3.8) is 0 Å². The van der Waals surface area contributed by atoms with E-state index in [0.29, 0.717) is 12.1 Å². The van der Waals surface area contributed by atoms with Gasteiger partial charge in [-0.15, -0.1) is 0 Å². The zero-order valence-electron chi connectivity index (χ0n) is 10.2. The molecule has 1 amide bonds. The lowest BCUT2D eigenvalue weighted by atomic mass is 10.2. The van der Waals surface area contributed by atoms with E-state index >= 15 is 0 Å². The van der Waals surface area contributed by atoms with Gasteiger partial charge in [0, 0.05) is 19.2 Å². The van der Waals surface area contributed by atoms with E-state index in [-0.39, 0.29) is 24.8 Å². The van der Waals surface area contributed by atoms with E-state index in [9.17, 15) is 9.18 Å². The number of rotatable bonds is 5. The maximum absolute atomic E-state index is 13.5. The molecule has 0 saturated carbocycles. The highest BCUT2D eigenvalue weighted by Gasteiger charge is 2.17. The van der Waals surface area contributed by atoms with Crippen molar-refractivity contribution in [1.29, 1.82) is 0 Å². The molecule has 0 heterocycles. The summed E-state index contributed by atoms with van der Waals surface area (Å²) in [6.07, 6.45) is 0. The van der Waals surface area contributed by atoms with Crippen molar-refractivity contribution in [3.05, 3.63) is 35.6 Å². The summed E-state index contributed by atoms with van der Waals surface area (Å²) in [4.78, 5) is 11.7. The average Bonchev–Trinajstić information content (AvgIpc) is 2.36. The van der Waals surface area contributed by atoms with Crippen LogP contribution in [0.5, 0.6) is 0 Å². The van der Waals surface area contributed by atoms with Crippen LogP contribution in [0, 0.1) is 5.82 Å². The Kier molecular flexibility index (Phi) is 5.06. The van der Waals surface area contributed by atoms with Crippen LogP contribution in [0.15, 0.2) is 24.3 Å². The Balaban J connectivity index is 2.87. The van der Waals surface area contributed by atoms with Gasteiger partial charge in [-0.05, 0) is 6.07 Å². The molecular weight excluding hydrogens is 221 g/mol. The van der Waals surface area contributed by atoms with Crippen molar-refractivity contribution < 1.29 is 9.18 Å². The molecular formula is C12H18FN3O. The van der Waals surface area contributed by atoms with Crippen LogP contribution in [0.3, 0.4) is 0 Å². The molecule has 0 aliphatic carbocycles. The molecule has 1 aromatic carbocycles. The zero-order chi connectivity index (χ0) is 12.8. The number of amides is 1. The number of carbonyl (C=O) groups excluding carboxylic acids is 1. The molecule has 0 atom stereocenters. The van der Waals surface area contributed by atoms with Crippen molar-refractivity contribution >= 4 is 5.91 Å². The normalized spacial score (nSPS) is 10.6. The molecule has 1 rings (SSSR count). The summed E-state index contributed by atoms with van der Waals surface area (Å²) < 4.78 is 13.5. The van der Waals surface area contributed by atoms with Gasteiger partial charge in [-0.1, -0.05) is 25.1 Å². The molecule has 0 saturated heterocycles. The maximum Gasteiger partial charge on any atom is 0.250 e. The minimum Gasteiger partial charge on any atom is -0.322 e. The molecule has 0 aliphatic heterocycles. The van der Waals surface area contributed by atoms with Crippen molar-refractivity contribution in [2.45, 2.75) is 13.5 Å².